The van der Waals surface area contributed by atoms with Crippen LogP contribution in [0.15, 0.2) is 71.8 Å². The SMILES string of the molecule is Cc1cccc2sc(N(Cc3ccccn3)C(=O)c3ccc(S(=O)(=O)N4CCCCC4)cc3)nc12. The number of carbonyl (C=O) groups is 1. The molecule has 1 aliphatic heterocycles. The second kappa shape index (κ2) is 9.85. The molecule has 1 amide bonds. The summed E-state index contributed by atoms with van der Waals surface area (Å²) in [5.41, 5.74) is 3.05. The van der Waals surface area contributed by atoms with Crippen molar-refractivity contribution in [1.82, 2.24) is 14.3 Å². The van der Waals surface area contributed by atoms with Crippen molar-refractivity contribution in [1.29, 1.82) is 0 Å². The Morgan fingerprint density at radius 1 is 1.00 bits per heavy atom. The number of benzene rings is 2. The van der Waals surface area contributed by atoms with Gasteiger partial charge in [-0.25, -0.2) is 13.4 Å². The summed E-state index contributed by atoms with van der Waals surface area (Å²) in [5, 5.41) is 0.579. The van der Waals surface area contributed by atoms with Gasteiger partial charge in [-0.3, -0.25) is 14.7 Å². The number of pyridine rings is 1. The fraction of sp³-hybridized carbons (Fsp3) is 0.269. The number of thiazole rings is 1. The molecule has 0 atom stereocenters. The van der Waals surface area contributed by atoms with Gasteiger partial charge in [0.25, 0.3) is 5.91 Å². The fourth-order valence-corrected chi connectivity index (χ4v) is 6.81. The van der Waals surface area contributed by atoms with Crippen molar-refractivity contribution in [3.63, 3.8) is 0 Å². The Labute approximate surface area is 209 Å². The molecule has 7 nitrogen and oxygen atoms in total. The number of piperidine rings is 1. The Balaban J connectivity index is 1.47. The second-order valence-corrected chi connectivity index (χ2v) is 11.6. The third-order valence-electron chi connectivity index (χ3n) is 6.19. The number of rotatable bonds is 6. The molecule has 0 radical (unpaired) electrons. The van der Waals surface area contributed by atoms with Crippen molar-refractivity contribution < 1.29 is 13.2 Å². The standard InChI is InChI=1S/C26H26N4O3S2/c1-19-8-7-10-23-24(19)28-26(34-23)30(18-21-9-3-4-15-27-21)25(31)20-11-13-22(14-12-20)35(32,33)29-16-5-2-6-17-29/h3-4,7-15H,2,5-6,16-18H2,1H3. The Morgan fingerprint density at radius 2 is 1.77 bits per heavy atom. The van der Waals surface area contributed by atoms with Gasteiger partial charge in [0.1, 0.15) is 0 Å². The van der Waals surface area contributed by atoms with Gasteiger partial charge in [0, 0.05) is 24.8 Å². The molecule has 1 fully saturated rings. The van der Waals surface area contributed by atoms with E-state index >= 15 is 0 Å². The van der Waals surface area contributed by atoms with Crippen LogP contribution in [-0.2, 0) is 16.6 Å². The zero-order chi connectivity index (χ0) is 24.4. The van der Waals surface area contributed by atoms with E-state index in [1.165, 1.54) is 27.8 Å². The smallest absolute Gasteiger partial charge is 0.260 e. The molecule has 35 heavy (non-hydrogen) atoms. The first-order valence-corrected chi connectivity index (χ1v) is 13.9. The van der Waals surface area contributed by atoms with Crippen molar-refractivity contribution >= 4 is 42.6 Å². The van der Waals surface area contributed by atoms with Gasteiger partial charge in [-0.15, -0.1) is 0 Å². The summed E-state index contributed by atoms with van der Waals surface area (Å²) in [6, 6.07) is 17.8. The van der Waals surface area contributed by atoms with E-state index in [9.17, 15) is 13.2 Å². The van der Waals surface area contributed by atoms with Crippen LogP contribution in [0.1, 0.15) is 40.9 Å². The van der Waals surface area contributed by atoms with Gasteiger partial charge in [0.15, 0.2) is 5.13 Å². The lowest BCUT2D eigenvalue weighted by molar-refractivity contribution is 0.0984. The van der Waals surface area contributed by atoms with Gasteiger partial charge in [-0.2, -0.15) is 4.31 Å². The van der Waals surface area contributed by atoms with E-state index in [1.54, 1.807) is 23.2 Å². The number of sulfonamides is 1. The van der Waals surface area contributed by atoms with Crippen molar-refractivity contribution in [2.45, 2.75) is 37.6 Å². The third kappa shape index (κ3) is 4.84. The van der Waals surface area contributed by atoms with E-state index in [0.29, 0.717) is 23.8 Å². The number of carbonyl (C=O) groups excluding carboxylic acids is 1. The lowest BCUT2D eigenvalue weighted by Crippen LogP contribution is -2.35. The molecule has 9 heteroatoms. The Bertz CT molecular complexity index is 1450. The van der Waals surface area contributed by atoms with Gasteiger partial charge in [0.2, 0.25) is 10.0 Å². The minimum Gasteiger partial charge on any atom is -0.278 e. The molecule has 2 aromatic heterocycles. The zero-order valence-corrected chi connectivity index (χ0v) is 21.1. The molecular weight excluding hydrogens is 480 g/mol. The maximum atomic E-state index is 13.7. The van der Waals surface area contributed by atoms with Crippen LogP contribution in [0.2, 0.25) is 0 Å². The first-order valence-electron chi connectivity index (χ1n) is 11.6. The number of para-hydroxylation sites is 1. The summed E-state index contributed by atoms with van der Waals surface area (Å²) in [7, 11) is -3.56. The third-order valence-corrected chi connectivity index (χ3v) is 9.14. The number of amides is 1. The highest BCUT2D eigenvalue weighted by atomic mass is 32.2. The Morgan fingerprint density at radius 3 is 2.46 bits per heavy atom. The van der Waals surface area contributed by atoms with Crippen LogP contribution in [0.25, 0.3) is 10.2 Å². The van der Waals surface area contributed by atoms with Crippen molar-refractivity contribution in [3.8, 4) is 0 Å². The molecule has 180 valence electrons. The van der Waals surface area contributed by atoms with Crippen molar-refractivity contribution in [2.24, 2.45) is 0 Å². The van der Waals surface area contributed by atoms with Crippen molar-refractivity contribution in [2.75, 3.05) is 18.0 Å². The minimum absolute atomic E-state index is 0.211. The second-order valence-electron chi connectivity index (χ2n) is 8.62. The molecule has 1 saturated heterocycles. The van der Waals surface area contributed by atoms with E-state index in [4.69, 9.17) is 4.98 Å². The first kappa shape index (κ1) is 23.6. The molecule has 2 aromatic carbocycles. The van der Waals surface area contributed by atoms with E-state index in [2.05, 4.69) is 4.98 Å². The maximum Gasteiger partial charge on any atom is 0.260 e. The molecule has 1 aliphatic rings. The highest BCUT2D eigenvalue weighted by Crippen LogP contribution is 2.32. The van der Waals surface area contributed by atoms with E-state index in [-0.39, 0.29) is 17.3 Å². The maximum absolute atomic E-state index is 13.7. The number of hydrogen-bond donors (Lipinski definition) is 0. The van der Waals surface area contributed by atoms with Crippen LogP contribution in [0.5, 0.6) is 0 Å². The topological polar surface area (TPSA) is 83.5 Å². The van der Waals surface area contributed by atoms with Crippen LogP contribution >= 0.6 is 11.3 Å². The predicted octanol–water partition coefficient (Wildman–Crippen LogP) is 5.02. The molecule has 5 rings (SSSR count). The van der Waals surface area contributed by atoms with Gasteiger partial charge in [-0.1, -0.05) is 36.0 Å². The number of fused-ring (bicyclic) bond motifs is 1. The van der Waals surface area contributed by atoms with Gasteiger partial charge in [0.05, 0.1) is 27.4 Å². The summed E-state index contributed by atoms with van der Waals surface area (Å²) in [5.74, 6) is -0.255. The van der Waals surface area contributed by atoms with Gasteiger partial charge in [-0.05, 0) is 67.8 Å². The van der Waals surface area contributed by atoms with Crippen LogP contribution in [-0.4, -0.2) is 41.7 Å². The van der Waals surface area contributed by atoms with Gasteiger partial charge < -0.3 is 0 Å². The average molecular weight is 507 g/mol. The van der Waals surface area contributed by atoms with E-state index in [1.807, 2.05) is 43.3 Å². The quantitative estimate of drug-likeness (QED) is 0.367. The molecule has 0 bridgehead atoms. The van der Waals surface area contributed by atoms with Gasteiger partial charge >= 0.3 is 0 Å². The molecule has 0 spiro atoms. The van der Waals surface area contributed by atoms with Crippen LogP contribution in [0, 0.1) is 6.92 Å². The van der Waals surface area contributed by atoms with Crippen LogP contribution < -0.4 is 4.90 Å². The van der Waals surface area contributed by atoms with E-state index in [0.717, 1.165) is 40.7 Å². The Hall–Kier alpha value is -3.14. The summed E-state index contributed by atoms with van der Waals surface area (Å²) < 4.78 is 28.6. The summed E-state index contributed by atoms with van der Waals surface area (Å²) in [6.45, 7) is 3.33. The molecule has 0 saturated carbocycles. The minimum atomic E-state index is -3.56. The first-order chi connectivity index (χ1) is 16.9. The van der Waals surface area contributed by atoms with Crippen LogP contribution in [0.3, 0.4) is 0 Å². The predicted molar refractivity (Wildman–Crippen MR) is 138 cm³/mol. The number of hydrogen-bond acceptors (Lipinski definition) is 6. The Kier molecular flexibility index (Phi) is 6.64. The van der Waals surface area contributed by atoms with Crippen molar-refractivity contribution in [3.05, 3.63) is 83.7 Å². The number of nitrogens with zero attached hydrogens (tertiary/aromatic N) is 4. The molecule has 0 unspecified atom stereocenters. The summed E-state index contributed by atoms with van der Waals surface area (Å²) in [6.07, 6.45) is 4.50. The molecule has 0 aliphatic carbocycles. The lowest BCUT2D eigenvalue weighted by atomic mass is 10.2. The molecular formula is C26H26N4O3S2. The summed E-state index contributed by atoms with van der Waals surface area (Å²) in [4.78, 5) is 24.7. The monoisotopic (exact) mass is 506 g/mol. The average Bonchev–Trinajstić information content (AvgIpc) is 3.34. The molecule has 3 heterocycles. The summed E-state index contributed by atoms with van der Waals surface area (Å²) >= 11 is 1.45. The number of anilines is 1. The lowest BCUT2D eigenvalue weighted by Gasteiger charge is -2.26. The van der Waals surface area contributed by atoms with Crippen LogP contribution in [0.4, 0.5) is 5.13 Å². The largest absolute Gasteiger partial charge is 0.278 e. The zero-order valence-electron chi connectivity index (χ0n) is 19.4. The molecule has 0 N–H and O–H groups in total. The fourth-order valence-electron chi connectivity index (χ4n) is 4.25. The number of aromatic nitrogens is 2. The highest BCUT2D eigenvalue weighted by molar-refractivity contribution is 7.89. The van der Waals surface area contributed by atoms with E-state index < -0.39 is 10.0 Å². The number of aryl methyl sites for hydroxylation is 1. The highest BCUT2D eigenvalue weighted by Gasteiger charge is 2.27. The normalized spacial score (nSPS) is 14.8. The molecule has 4 aromatic rings.